The largest absolute Gasteiger partial charge is 0.497 e. The maximum Gasteiger partial charge on any atom is 0.224 e. The van der Waals surface area contributed by atoms with Gasteiger partial charge in [0.1, 0.15) is 17.2 Å². The van der Waals surface area contributed by atoms with Crippen LogP contribution in [-0.2, 0) is 17.8 Å². The van der Waals surface area contributed by atoms with E-state index in [1.54, 1.807) is 27.4 Å². The number of nitrogens with one attached hydrogen (secondary N) is 1. The van der Waals surface area contributed by atoms with Crippen LogP contribution in [-0.4, -0.2) is 27.2 Å². The lowest BCUT2D eigenvalue weighted by atomic mass is 10.1. The highest BCUT2D eigenvalue weighted by atomic mass is 16.5. The van der Waals surface area contributed by atoms with Crippen molar-refractivity contribution >= 4 is 5.91 Å². The van der Waals surface area contributed by atoms with Gasteiger partial charge in [-0.15, -0.1) is 0 Å². The van der Waals surface area contributed by atoms with Crippen LogP contribution in [0.15, 0.2) is 42.5 Å². The Kier molecular flexibility index (Phi) is 5.86. The minimum Gasteiger partial charge on any atom is -0.497 e. The number of rotatable bonds is 7. The molecule has 0 aliphatic carbocycles. The van der Waals surface area contributed by atoms with Crippen molar-refractivity contribution < 1.29 is 19.0 Å². The Labute approximate surface area is 136 Å². The number of methoxy groups -OCH3 is 3. The van der Waals surface area contributed by atoms with Gasteiger partial charge in [0.15, 0.2) is 0 Å². The molecular weight excluding hydrogens is 294 g/mol. The van der Waals surface area contributed by atoms with Crippen LogP contribution in [0.5, 0.6) is 17.2 Å². The van der Waals surface area contributed by atoms with Gasteiger partial charge in [-0.2, -0.15) is 0 Å². The number of carbonyl (C=O) groups excluding carboxylic acids is 1. The van der Waals surface area contributed by atoms with E-state index in [4.69, 9.17) is 14.2 Å². The molecule has 0 saturated carbocycles. The van der Waals surface area contributed by atoms with E-state index in [1.807, 2.05) is 36.4 Å². The van der Waals surface area contributed by atoms with Crippen molar-refractivity contribution in [2.75, 3.05) is 21.3 Å². The Hall–Kier alpha value is -2.69. The molecule has 0 atom stereocenters. The van der Waals surface area contributed by atoms with Crippen molar-refractivity contribution in [3.63, 3.8) is 0 Å². The molecule has 0 unspecified atom stereocenters. The summed E-state index contributed by atoms with van der Waals surface area (Å²) in [7, 11) is 4.78. The average molecular weight is 315 g/mol. The summed E-state index contributed by atoms with van der Waals surface area (Å²) < 4.78 is 15.7. The van der Waals surface area contributed by atoms with Gasteiger partial charge in [-0.3, -0.25) is 4.79 Å². The highest BCUT2D eigenvalue weighted by Gasteiger charge is 2.11. The van der Waals surface area contributed by atoms with Crippen LogP contribution in [0, 0.1) is 0 Å². The van der Waals surface area contributed by atoms with Crippen molar-refractivity contribution in [1.82, 2.24) is 5.32 Å². The van der Waals surface area contributed by atoms with Crippen LogP contribution in [0.3, 0.4) is 0 Å². The van der Waals surface area contributed by atoms with E-state index in [0.29, 0.717) is 18.0 Å². The molecule has 0 aliphatic rings. The Balaban J connectivity index is 2.00. The third-order valence-corrected chi connectivity index (χ3v) is 3.51. The fraction of sp³-hybridized carbons (Fsp3) is 0.278. The first-order chi connectivity index (χ1) is 11.2. The van der Waals surface area contributed by atoms with Gasteiger partial charge >= 0.3 is 0 Å². The Bertz CT molecular complexity index is 670. The lowest BCUT2D eigenvalue weighted by Gasteiger charge is -2.12. The monoisotopic (exact) mass is 315 g/mol. The van der Waals surface area contributed by atoms with Crippen molar-refractivity contribution in [2.45, 2.75) is 13.0 Å². The molecular formula is C18H21NO4. The van der Waals surface area contributed by atoms with Crippen molar-refractivity contribution in [2.24, 2.45) is 0 Å². The van der Waals surface area contributed by atoms with E-state index in [1.165, 1.54) is 0 Å². The third kappa shape index (κ3) is 4.39. The fourth-order valence-corrected chi connectivity index (χ4v) is 2.28. The molecule has 2 rings (SSSR count). The molecule has 0 spiro atoms. The summed E-state index contributed by atoms with van der Waals surface area (Å²) in [5.74, 6) is 2.01. The van der Waals surface area contributed by atoms with Gasteiger partial charge in [-0.25, -0.2) is 0 Å². The van der Waals surface area contributed by atoms with E-state index < -0.39 is 0 Å². The number of hydrogen-bond donors (Lipinski definition) is 1. The molecule has 1 amide bonds. The van der Waals surface area contributed by atoms with Crippen LogP contribution in [0.2, 0.25) is 0 Å². The van der Waals surface area contributed by atoms with Gasteiger partial charge in [0, 0.05) is 23.7 Å². The Morgan fingerprint density at radius 1 is 0.913 bits per heavy atom. The number of amides is 1. The smallest absolute Gasteiger partial charge is 0.224 e. The van der Waals surface area contributed by atoms with Crippen LogP contribution in [0.25, 0.3) is 0 Å². The number of ether oxygens (including phenoxy) is 3. The zero-order valence-corrected chi connectivity index (χ0v) is 13.6. The highest BCUT2D eigenvalue weighted by molar-refractivity contribution is 5.79. The summed E-state index contributed by atoms with van der Waals surface area (Å²) in [5, 5.41) is 2.90. The van der Waals surface area contributed by atoms with Gasteiger partial charge in [-0.05, 0) is 12.1 Å². The van der Waals surface area contributed by atoms with E-state index in [-0.39, 0.29) is 12.3 Å². The fourth-order valence-electron chi connectivity index (χ4n) is 2.28. The van der Waals surface area contributed by atoms with Crippen molar-refractivity contribution in [1.29, 1.82) is 0 Å². The Morgan fingerprint density at radius 2 is 1.65 bits per heavy atom. The summed E-state index contributed by atoms with van der Waals surface area (Å²) in [6, 6.07) is 13.0. The lowest BCUT2D eigenvalue weighted by molar-refractivity contribution is -0.120. The lowest BCUT2D eigenvalue weighted by Crippen LogP contribution is -2.25. The van der Waals surface area contributed by atoms with Gasteiger partial charge in [0.05, 0.1) is 27.8 Å². The first kappa shape index (κ1) is 16.7. The second-order valence-electron chi connectivity index (χ2n) is 4.94. The molecule has 0 heterocycles. The first-order valence-corrected chi connectivity index (χ1v) is 7.27. The van der Waals surface area contributed by atoms with Gasteiger partial charge < -0.3 is 19.5 Å². The van der Waals surface area contributed by atoms with Crippen LogP contribution >= 0.6 is 0 Å². The van der Waals surface area contributed by atoms with E-state index in [0.717, 1.165) is 16.9 Å². The number of para-hydroxylation sites is 1. The molecule has 5 nitrogen and oxygen atoms in total. The molecule has 0 aromatic heterocycles. The second kappa shape index (κ2) is 8.08. The standard InChI is InChI=1S/C18H21NO4/c1-21-15-9-8-13(17(11-15)23-3)10-18(20)19-12-14-6-4-5-7-16(14)22-2/h4-9,11H,10,12H2,1-3H3,(H,19,20). The minimum atomic E-state index is -0.0839. The summed E-state index contributed by atoms with van der Waals surface area (Å²) in [5.41, 5.74) is 1.75. The van der Waals surface area contributed by atoms with Gasteiger partial charge in [0.25, 0.3) is 0 Å². The minimum absolute atomic E-state index is 0.0839. The summed E-state index contributed by atoms with van der Waals surface area (Å²) in [4.78, 5) is 12.2. The number of carbonyl (C=O) groups is 1. The topological polar surface area (TPSA) is 56.8 Å². The molecule has 5 heteroatoms. The van der Waals surface area contributed by atoms with Crippen LogP contribution < -0.4 is 19.5 Å². The third-order valence-electron chi connectivity index (χ3n) is 3.51. The molecule has 0 aliphatic heterocycles. The van der Waals surface area contributed by atoms with E-state index in [2.05, 4.69) is 5.32 Å². The second-order valence-corrected chi connectivity index (χ2v) is 4.94. The normalized spacial score (nSPS) is 10.0. The van der Waals surface area contributed by atoms with Gasteiger partial charge in [-0.1, -0.05) is 24.3 Å². The maximum atomic E-state index is 12.2. The number of benzene rings is 2. The SMILES string of the molecule is COc1ccc(CC(=O)NCc2ccccc2OC)c(OC)c1. The molecule has 0 radical (unpaired) electrons. The molecule has 23 heavy (non-hydrogen) atoms. The average Bonchev–Trinajstić information content (AvgIpc) is 2.60. The Morgan fingerprint density at radius 3 is 2.35 bits per heavy atom. The van der Waals surface area contributed by atoms with Gasteiger partial charge in [0.2, 0.25) is 5.91 Å². The predicted octanol–water partition coefficient (Wildman–Crippen LogP) is 2.57. The summed E-state index contributed by atoms with van der Waals surface area (Å²) in [6.45, 7) is 0.418. The molecule has 2 aromatic rings. The number of hydrogen-bond acceptors (Lipinski definition) is 4. The molecule has 0 fully saturated rings. The molecule has 2 aromatic carbocycles. The maximum absolute atomic E-state index is 12.2. The summed E-state index contributed by atoms with van der Waals surface area (Å²) in [6.07, 6.45) is 0.238. The van der Waals surface area contributed by atoms with E-state index >= 15 is 0 Å². The molecule has 0 bridgehead atoms. The molecule has 122 valence electrons. The first-order valence-electron chi connectivity index (χ1n) is 7.27. The summed E-state index contributed by atoms with van der Waals surface area (Å²) >= 11 is 0. The zero-order chi connectivity index (χ0) is 16.7. The molecule has 0 saturated heterocycles. The quantitative estimate of drug-likeness (QED) is 0.853. The zero-order valence-electron chi connectivity index (χ0n) is 13.6. The highest BCUT2D eigenvalue weighted by Crippen LogP contribution is 2.25. The van der Waals surface area contributed by atoms with E-state index in [9.17, 15) is 4.79 Å². The van der Waals surface area contributed by atoms with Crippen molar-refractivity contribution in [3.05, 3.63) is 53.6 Å². The van der Waals surface area contributed by atoms with Crippen LogP contribution in [0.1, 0.15) is 11.1 Å². The van der Waals surface area contributed by atoms with Crippen LogP contribution in [0.4, 0.5) is 0 Å². The molecule has 1 N–H and O–H groups in total. The predicted molar refractivity (Wildman–Crippen MR) is 88.1 cm³/mol. The van der Waals surface area contributed by atoms with Crippen molar-refractivity contribution in [3.8, 4) is 17.2 Å².